The lowest BCUT2D eigenvalue weighted by atomic mass is 10.1. The molecule has 3 rings (SSSR count). The molecule has 7 heteroatoms. The van der Waals surface area contributed by atoms with Crippen molar-refractivity contribution < 1.29 is 18.1 Å². The van der Waals surface area contributed by atoms with E-state index in [4.69, 9.17) is 16.1 Å². The van der Waals surface area contributed by atoms with Crippen LogP contribution >= 0.6 is 11.6 Å². The maximum atomic E-state index is 13.3. The van der Waals surface area contributed by atoms with Gasteiger partial charge in [0.05, 0.1) is 6.20 Å². The molecule has 1 heterocycles. The maximum absolute atomic E-state index is 13.3. The van der Waals surface area contributed by atoms with E-state index >= 15 is 0 Å². The summed E-state index contributed by atoms with van der Waals surface area (Å²) < 4.78 is 31.4. The van der Waals surface area contributed by atoms with Gasteiger partial charge >= 0.3 is 0 Å². The van der Waals surface area contributed by atoms with E-state index in [0.717, 1.165) is 12.1 Å². The first kappa shape index (κ1) is 15.2. The van der Waals surface area contributed by atoms with Crippen molar-refractivity contribution in [2.75, 3.05) is 5.32 Å². The number of anilines is 1. The highest BCUT2D eigenvalue weighted by Crippen LogP contribution is 2.26. The Morgan fingerprint density at radius 1 is 1.13 bits per heavy atom. The largest absolute Gasteiger partial charge is 0.355 e. The van der Waals surface area contributed by atoms with Gasteiger partial charge in [-0.25, -0.2) is 8.78 Å². The molecule has 2 aromatic carbocycles. The Balaban J connectivity index is 1.91. The van der Waals surface area contributed by atoms with Crippen LogP contribution in [-0.2, 0) is 0 Å². The van der Waals surface area contributed by atoms with E-state index in [2.05, 4.69) is 10.5 Å². The Labute approximate surface area is 134 Å². The zero-order chi connectivity index (χ0) is 16.4. The molecule has 1 aromatic heterocycles. The van der Waals surface area contributed by atoms with Crippen LogP contribution in [-0.4, -0.2) is 11.1 Å². The second-order valence-electron chi connectivity index (χ2n) is 4.66. The van der Waals surface area contributed by atoms with Gasteiger partial charge in [0.25, 0.3) is 5.91 Å². The molecule has 0 atom stereocenters. The van der Waals surface area contributed by atoms with Crippen molar-refractivity contribution in [3.63, 3.8) is 0 Å². The third kappa shape index (κ3) is 3.22. The average molecular weight is 335 g/mol. The fraction of sp³-hybridized carbons (Fsp3) is 0. The highest BCUT2D eigenvalue weighted by atomic mass is 35.5. The van der Waals surface area contributed by atoms with E-state index in [1.54, 1.807) is 24.3 Å². The van der Waals surface area contributed by atoms with Crippen LogP contribution in [0.4, 0.5) is 14.5 Å². The van der Waals surface area contributed by atoms with Crippen molar-refractivity contribution in [2.24, 2.45) is 0 Å². The molecule has 0 saturated heterocycles. The van der Waals surface area contributed by atoms with Crippen LogP contribution in [0.1, 0.15) is 10.4 Å². The van der Waals surface area contributed by atoms with Crippen LogP contribution in [0.5, 0.6) is 0 Å². The van der Waals surface area contributed by atoms with Crippen LogP contribution in [0.2, 0.25) is 5.02 Å². The Morgan fingerprint density at radius 3 is 2.70 bits per heavy atom. The second kappa shape index (κ2) is 6.18. The second-order valence-corrected chi connectivity index (χ2v) is 5.10. The molecule has 4 nitrogen and oxygen atoms in total. The van der Waals surface area contributed by atoms with E-state index in [0.29, 0.717) is 10.7 Å². The predicted octanol–water partition coefficient (Wildman–Crippen LogP) is 4.53. The van der Waals surface area contributed by atoms with Crippen molar-refractivity contribution in [1.29, 1.82) is 0 Å². The van der Waals surface area contributed by atoms with Gasteiger partial charge in [0.2, 0.25) is 0 Å². The number of halogens is 3. The van der Waals surface area contributed by atoms with Crippen LogP contribution in [0, 0.1) is 11.6 Å². The number of aromatic nitrogens is 1. The number of hydrogen-bond donors (Lipinski definition) is 1. The maximum Gasteiger partial charge on any atom is 0.261 e. The van der Waals surface area contributed by atoms with Crippen LogP contribution in [0.3, 0.4) is 0 Å². The van der Waals surface area contributed by atoms with Gasteiger partial charge in [-0.2, -0.15) is 0 Å². The quantitative estimate of drug-likeness (QED) is 0.766. The molecule has 0 aliphatic carbocycles. The number of rotatable bonds is 3. The fourth-order valence-corrected chi connectivity index (χ4v) is 2.20. The SMILES string of the molecule is O=C(Nc1cccc(Cl)c1)c1cnoc1-c1ccc(F)c(F)c1. The number of carbonyl (C=O) groups excluding carboxylic acids is 1. The van der Waals surface area contributed by atoms with Gasteiger partial charge in [0.15, 0.2) is 17.4 Å². The number of hydrogen-bond acceptors (Lipinski definition) is 3. The van der Waals surface area contributed by atoms with Crippen molar-refractivity contribution >= 4 is 23.2 Å². The standard InChI is InChI=1S/C16H9ClF2N2O2/c17-10-2-1-3-11(7-10)21-16(22)12-8-20-23-15(12)9-4-5-13(18)14(19)6-9/h1-8H,(H,21,22). The van der Waals surface area contributed by atoms with E-state index < -0.39 is 17.5 Å². The molecule has 0 spiro atoms. The minimum absolute atomic E-state index is 0.0448. The molecule has 23 heavy (non-hydrogen) atoms. The zero-order valence-corrected chi connectivity index (χ0v) is 12.3. The van der Waals surface area contributed by atoms with Crippen LogP contribution < -0.4 is 5.32 Å². The molecule has 0 radical (unpaired) electrons. The number of benzene rings is 2. The average Bonchev–Trinajstić information content (AvgIpc) is 2.99. The fourth-order valence-electron chi connectivity index (χ4n) is 2.01. The highest BCUT2D eigenvalue weighted by molar-refractivity contribution is 6.31. The van der Waals surface area contributed by atoms with Crippen molar-refractivity contribution in [3.05, 3.63) is 70.9 Å². The Kier molecular flexibility index (Phi) is 4.08. The summed E-state index contributed by atoms with van der Waals surface area (Å²) in [6.07, 6.45) is 1.20. The van der Waals surface area contributed by atoms with Crippen molar-refractivity contribution in [1.82, 2.24) is 5.16 Å². The van der Waals surface area contributed by atoms with Gasteiger partial charge in [-0.1, -0.05) is 22.8 Å². The van der Waals surface area contributed by atoms with Gasteiger partial charge in [0, 0.05) is 16.3 Å². The predicted molar refractivity (Wildman–Crippen MR) is 81.3 cm³/mol. The summed E-state index contributed by atoms with van der Waals surface area (Å²) in [5.41, 5.74) is 0.786. The lowest BCUT2D eigenvalue weighted by Gasteiger charge is -2.05. The van der Waals surface area contributed by atoms with E-state index in [1.807, 2.05) is 0 Å². The molecular weight excluding hydrogens is 326 g/mol. The Hall–Kier alpha value is -2.73. The number of nitrogens with zero attached hydrogens (tertiary/aromatic N) is 1. The molecule has 0 bridgehead atoms. The molecule has 0 aliphatic rings. The van der Waals surface area contributed by atoms with Gasteiger partial charge in [-0.05, 0) is 36.4 Å². The first-order valence-electron chi connectivity index (χ1n) is 6.51. The zero-order valence-electron chi connectivity index (χ0n) is 11.5. The molecule has 0 fully saturated rings. The summed E-state index contributed by atoms with van der Waals surface area (Å²) in [4.78, 5) is 12.3. The topological polar surface area (TPSA) is 55.1 Å². The molecule has 116 valence electrons. The molecule has 0 aliphatic heterocycles. The third-order valence-corrected chi connectivity index (χ3v) is 3.31. The molecule has 1 amide bonds. The summed E-state index contributed by atoms with van der Waals surface area (Å²) in [7, 11) is 0. The molecular formula is C16H9ClF2N2O2. The Bertz CT molecular complexity index is 880. The normalized spacial score (nSPS) is 10.6. The van der Waals surface area contributed by atoms with E-state index in [1.165, 1.54) is 12.3 Å². The van der Waals surface area contributed by atoms with E-state index in [-0.39, 0.29) is 16.9 Å². The summed E-state index contributed by atoms with van der Waals surface area (Å²) in [6.45, 7) is 0. The number of nitrogens with one attached hydrogen (secondary N) is 1. The monoisotopic (exact) mass is 334 g/mol. The summed E-state index contributed by atoms with van der Waals surface area (Å²) in [5.74, 6) is -2.49. The lowest BCUT2D eigenvalue weighted by molar-refractivity contribution is 0.102. The minimum atomic E-state index is -1.04. The summed E-state index contributed by atoms with van der Waals surface area (Å²) >= 11 is 5.85. The van der Waals surface area contributed by atoms with E-state index in [9.17, 15) is 13.6 Å². The van der Waals surface area contributed by atoms with Crippen LogP contribution in [0.15, 0.2) is 53.2 Å². The van der Waals surface area contributed by atoms with Gasteiger partial charge in [0.1, 0.15) is 5.56 Å². The minimum Gasteiger partial charge on any atom is -0.355 e. The summed E-state index contributed by atoms with van der Waals surface area (Å²) in [5, 5.41) is 6.65. The van der Waals surface area contributed by atoms with Gasteiger partial charge in [-0.15, -0.1) is 0 Å². The first-order chi connectivity index (χ1) is 11.0. The molecule has 1 N–H and O–H groups in total. The highest BCUT2D eigenvalue weighted by Gasteiger charge is 2.19. The Morgan fingerprint density at radius 2 is 1.96 bits per heavy atom. The third-order valence-electron chi connectivity index (χ3n) is 3.08. The van der Waals surface area contributed by atoms with Crippen LogP contribution in [0.25, 0.3) is 11.3 Å². The lowest BCUT2D eigenvalue weighted by Crippen LogP contribution is -2.12. The molecule has 0 saturated carbocycles. The number of carbonyl (C=O) groups is 1. The van der Waals surface area contributed by atoms with Crippen molar-refractivity contribution in [2.45, 2.75) is 0 Å². The van der Waals surface area contributed by atoms with Gasteiger partial charge in [-0.3, -0.25) is 4.79 Å². The van der Waals surface area contributed by atoms with Crippen molar-refractivity contribution in [3.8, 4) is 11.3 Å². The first-order valence-corrected chi connectivity index (χ1v) is 6.89. The summed E-state index contributed by atoms with van der Waals surface area (Å²) in [6, 6.07) is 9.77. The molecule has 0 unspecified atom stereocenters. The van der Waals surface area contributed by atoms with Gasteiger partial charge < -0.3 is 9.84 Å². The number of amides is 1. The smallest absolute Gasteiger partial charge is 0.261 e. The molecule has 3 aromatic rings.